The molecule has 0 aromatic heterocycles. The normalized spacial score (nSPS) is 24.4. The molecule has 0 amide bonds. The molecule has 3 atom stereocenters. The molecule has 1 saturated carbocycles. The minimum absolute atomic E-state index is 0.399. The van der Waals surface area contributed by atoms with Gasteiger partial charge in [-0.15, -0.1) is 0 Å². The van der Waals surface area contributed by atoms with E-state index >= 15 is 0 Å². The molecule has 0 radical (unpaired) electrons. The van der Waals surface area contributed by atoms with Crippen LogP contribution in [0.4, 0.5) is 0 Å². The standard InChI is InChI=1S/C17H26ClNO/c1-4-12-6-5-7-13(10-12)17(19-2)14-8-9-15(18)16(11-14)20-3/h8-9,11-13,17,19H,4-7,10H2,1-3H3. The van der Waals surface area contributed by atoms with Crippen LogP contribution in [0.1, 0.15) is 50.6 Å². The van der Waals surface area contributed by atoms with Crippen molar-refractivity contribution in [3.8, 4) is 5.75 Å². The Kier molecular flexibility index (Phi) is 5.74. The minimum Gasteiger partial charge on any atom is -0.495 e. The molecule has 1 N–H and O–H groups in total. The van der Waals surface area contributed by atoms with E-state index in [0.717, 1.165) is 11.7 Å². The van der Waals surface area contributed by atoms with Gasteiger partial charge in [-0.05, 0) is 49.4 Å². The van der Waals surface area contributed by atoms with Crippen LogP contribution >= 0.6 is 11.6 Å². The van der Waals surface area contributed by atoms with Crippen LogP contribution in [0.2, 0.25) is 5.02 Å². The summed E-state index contributed by atoms with van der Waals surface area (Å²) in [7, 11) is 3.73. The molecule has 1 aromatic rings. The maximum Gasteiger partial charge on any atom is 0.137 e. The highest BCUT2D eigenvalue weighted by Crippen LogP contribution is 2.39. The zero-order valence-electron chi connectivity index (χ0n) is 12.8. The largest absolute Gasteiger partial charge is 0.495 e. The average molecular weight is 296 g/mol. The fourth-order valence-corrected chi connectivity index (χ4v) is 3.75. The van der Waals surface area contributed by atoms with Crippen LogP contribution in [0.25, 0.3) is 0 Å². The zero-order valence-corrected chi connectivity index (χ0v) is 13.5. The van der Waals surface area contributed by atoms with Gasteiger partial charge in [-0.3, -0.25) is 0 Å². The van der Waals surface area contributed by atoms with E-state index in [0.29, 0.717) is 17.0 Å². The van der Waals surface area contributed by atoms with Gasteiger partial charge >= 0.3 is 0 Å². The van der Waals surface area contributed by atoms with E-state index in [1.54, 1.807) is 7.11 Å². The van der Waals surface area contributed by atoms with E-state index in [-0.39, 0.29) is 0 Å². The SMILES string of the molecule is CCC1CCCC(C(NC)c2ccc(Cl)c(OC)c2)C1. The first-order valence-corrected chi connectivity index (χ1v) is 8.08. The Hall–Kier alpha value is -0.730. The number of halogens is 1. The van der Waals surface area contributed by atoms with Crippen molar-refractivity contribution < 1.29 is 4.74 Å². The number of hydrogen-bond acceptors (Lipinski definition) is 2. The summed E-state index contributed by atoms with van der Waals surface area (Å²) in [5.41, 5.74) is 1.29. The maximum absolute atomic E-state index is 6.13. The van der Waals surface area contributed by atoms with E-state index < -0.39 is 0 Å². The summed E-state index contributed by atoms with van der Waals surface area (Å²) in [6.45, 7) is 2.31. The van der Waals surface area contributed by atoms with Crippen LogP contribution in [0, 0.1) is 11.8 Å². The van der Waals surface area contributed by atoms with Crippen LogP contribution in [0.15, 0.2) is 18.2 Å². The molecule has 0 bridgehead atoms. The third-order valence-corrected chi connectivity index (χ3v) is 5.03. The molecule has 1 aliphatic carbocycles. The van der Waals surface area contributed by atoms with Crippen molar-refractivity contribution in [3.63, 3.8) is 0 Å². The van der Waals surface area contributed by atoms with E-state index in [1.165, 1.54) is 37.7 Å². The van der Waals surface area contributed by atoms with Gasteiger partial charge in [0, 0.05) is 6.04 Å². The number of ether oxygens (including phenoxy) is 1. The third kappa shape index (κ3) is 3.48. The highest BCUT2D eigenvalue weighted by molar-refractivity contribution is 6.32. The zero-order chi connectivity index (χ0) is 14.5. The molecule has 20 heavy (non-hydrogen) atoms. The smallest absolute Gasteiger partial charge is 0.137 e. The van der Waals surface area contributed by atoms with Gasteiger partial charge in [0.2, 0.25) is 0 Å². The van der Waals surface area contributed by atoms with Gasteiger partial charge in [-0.2, -0.15) is 0 Å². The minimum atomic E-state index is 0.399. The average Bonchev–Trinajstić information content (AvgIpc) is 2.50. The van der Waals surface area contributed by atoms with Gasteiger partial charge < -0.3 is 10.1 Å². The van der Waals surface area contributed by atoms with Gasteiger partial charge in [0.1, 0.15) is 5.75 Å². The highest BCUT2D eigenvalue weighted by atomic mass is 35.5. The summed E-state index contributed by atoms with van der Waals surface area (Å²) in [5.74, 6) is 2.37. The molecular formula is C17H26ClNO. The van der Waals surface area contributed by atoms with Gasteiger partial charge in [0.25, 0.3) is 0 Å². The molecule has 112 valence electrons. The van der Waals surface area contributed by atoms with Crippen molar-refractivity contribution in [2.45, 2.75) is 45.1 Å². The van der Waals surface area contributed by atoms with Gasteiger partial charge in [0.05, 0.1) is 12.1 Å². The molecule has 1 aliphatic rings. The van der Waals surface area contributed by atoms with Gasteiger partial charge in [0.15, 0.2) is 0 Å². The molecule has 2 nitrogen and oxygen atoms in total. The first kappa shape index (κ1) is 15.7. The predicted octanol–water partition coefficient (Wildman–Crippen LogP) is 4.83. The molecule has 0 spiro atoms. The quantitative estimate of drug-likeness (QED) is 0.840. The molecule has 1 fully saturated rings. The lowest BCUT2D eigenvalue weighted by Gasteiger charge is -2.34. The maximum atomic E-state index is 6.13. The number of hydrogen-bond donors (Lipinski definition) is 1. The Labute approximate surface area is 127 Å². The van der Waals surface area contributed by atoms with Crippen LogP contribution in [0.5, 0.6) is 5.75 Å². The number of benzene rings is 1. The molecule has 1 aromatic carbocycles. The summed E-state index contributed by atoms with van der Waals surface area (Å²) >= 11 is 6.13. The summed E-state index contributed by atoms with van der Waals surface area (Å²) in [6, 6.07) is 6.55. The van der Waals surface area contributed by atoms with E-state index in [1.807, 2.05) is 6.07 Å². The van der Waals surface area contributed by atoms with Crippen molar-refractivity contribution in [2.24, 2.45) is 11.8 Å². The first-order chi connectivity index (χ1) is 9.69. The molecule has 0 saturated heterocycles. The van der Waals surface area contributed by atoms with Crippen molar-refractivity contribution >= 4 is 11.6 Å². The fourth-order valence-electron chi connectivity index (χ4n) is 3.55. The number of rotatable bonds is 5. The van der Waals surface area contributed by atoms with E-state index in [2.05, 4.69) is 31.4 Å². The second-order valence-corrected chi connectivity index (χ2v) is 6.27. The van der Waals surface area contributed by atoms with Crippen LogP contribution in [-0.4, -0.2) is 14.2 Å². The molecule has 0 aliphatic heterocycles. The molecule has 3 heteroatoms. The van der Waals surface area contributed by atoms with E-state index in [9.17, 15) is 0 Å². The van der Waals surface area contributed by atoms with Crippen molar-refractivity contribution in [1.82, 2.24) is 5.32 Å². The van der Waals surface area contributed by atoms with Crippen molar-refractivity contribution in [3.05, 3.63) is 28.8 Å². The Bertz CT molecular complexity index is 435. The lowest BCUT2D eigenvalue weighted by atomic mass is 9.75. The first-order valence-electron chi connectivity index (χ1n) is 7.70. The highest BCUT2D eigenvalue weighted by Gasteiger charge is 2.28. The molecular weight excluding hydrogens is 270 g/mol. The Balaban J connectivity index is 2.18. The Morgan fingerprint density at radius 1 is 1.40 bits per heavy atom. The Morgan fingerprint density at radius 2 is 2.20 bits per heavy atom. The fraction of sp³-hybridized carbons (Fsp3) is 0.647. The number of methoxy groups -OCH3 is 1. The van der Waals surface area contributed by atoms with E-state index in [4.69, 9.17) is 16.3 Å². The topological polar surface area (TPSA) is 21.3 Å². The second-order valence-electron chi connectivity index (χ2n) is 5.86. The molecule has 3 unspecified atom stereocenters. The summed E-state index contributed by atoms with van der Waals surface area (Å²) in [4.78, 5) is 0. The van der Waals surface area contributed by atoms with Gasteiger partial charge in [-0.1, -0.05) is 43.9 Å². The summed E-state index contributed by atoms with van der Waals surface area (Å²) in [6.07, 6.45) is 6.69. The molecule has 0 heterocycles. The van der Waals surface area contributed by atoms with Crippen molar-refractivity contribution in [2.75, 3.05) is 14.2 Å². The Morgan fingerprint density at radius 3 is 2.85 bits per heavy atom. The summed E-state index contributed by atoms with van der Waals surface area (Å²) < 4.78 is 5.35. The monoisotopic (exact) mass is 295 g/mol. The number of nitrogens with one attached hydrogen (secondary N) is 1. The van der Waals surface area contributed by atoms with Crippen LogP contribution < -0.4 is 10.1 Å². The lowest BCUT2D eigenvalue weighted by Crippen LogP contribution is -2.29. The second kappa shape index (κ2) is 7.33. The molecule has 2 rings (SSSR count). The van der Waals surface area contributed by atoms with Crippen LogP contribution in [0.3, 0.4) is 0 Å². The predicted molar refractivity (Wildman–Crippen MR) is 85.5 cm³/mol. The summed E-state index contributed by atoms with van der Waals surface area (Å²) in [5, 5.41) is 4.19. The lowest BCUT2D eigenvalue weighted by molar-refractivity contribution is 0.214. The van der Waals surface area contributed by atoms with Gasteiger partial charge in [-0.25, -0.2) is 0 Å². The van der Waals surface area contributed by atoms with Crippen molar-refractivity contribution in [1.29, 1.82) is 0 Å². The van der Waals surface area contributed by atoms with Crippen LogP contribution in [-0.2, 0) is 0 Å². The third-order valence-electron chi connectivity index (χ3n) is 4.72.